The summed E-state index contributed by atoms with van der Waals surface area (Å²) in [6, 6.07) is 7.87. The molecular formula is C12H15ClN4S. The molecule has 1 aromatic carbocycles. The predicted octanol–water partition coefficient (Wildman–Crippen LogP) is 2.37. The van der Waals surface area contributed by atoms with Crippen molar-refractivity contribution in [3.05, 3.63) is 47.2 Å². The number of nitrogens with two attached hydrogens (primary N) is 1. The van der Waals surface area contributed by atoms with Crippen LogP contribution in [0.3, 0.4) is 0 Å². The van der Waals surface area contributed by atoms with Crippen molar-refractivity contribution in [2.45, 2.75) is 10.9 Å². The molecule has 6 heteroatoms. The van der Waals surface area contributed by atoms with Crippen LogP contribution in [0.25, 0.3) is 0 Å². The van der Waals surface area contributed by atoms with Crippen LogP contribution in [0.15, 0.2) is 41.6 Å². The van der Waals surface area contributed by atoms with Gasteiger partial charge in [-0.25, -0.2) is 0 Å². The number of hydrazine groups is 1. The number of benzene rings is 1. The van der Waals surface area contributed by atoms with Gasteiger partial charge in [-0.3, -0.25) is 16.0 Å². The average molecular weight is 283 g/mol. The van der Waals surface area contributed by atoms with Gasteiger partial charge in [0.15, 0.2) is 0 Å². The largest absolute Gasteiger partial charge is 0.275 e. The van der Waals surface area contributed by atoms with E-state index >= 15 is 0 Å². The smallest absolute Gasteiger partial charge is 0.0584 e. The second kappa shape index (κ2) is 6.24. The highest BCUT2D eigenvalue weighted by Crippen LogP contribution is 2.26. The molecule has 0 aliphatic carbocycles. The summed E-state index contributed by atoms with van der Waals surface area (Å²) in [5.74, 6) is 6.40. The van der Waals surface area contributed by atoms with E-state index in [4.69, 9.17) is 17.4 Å². The van der Waals surface area contributed by atoms with Crippen LogP contribution < -0.4 is 11.3 Å². The zero-order valence-corrected chi connectivity index (χ0v) is 11.6. The molecule has 2 rings (SSSR count). The molecule has 0 aliphatic heterocycles. The van der Waals surface area contributed by atoms with Gasteiger partial charge < -0.3 is 0 Å². The average Bonchev–Trinajstić information content (AvgIpc) is 2.77. The maximum Gasteiger partial charge on any atom is 0.0584 e. The third kappa shape index (κ3) is 3.49. The van der Waals surface area contributed by atoms with Crippen LogP contribution in [-0.4, -0.2) is 15.5 Å². The zero-order valence-electron chi connectivity index (χ0n) is 10.0. The highest BCUT2D eigenvalue weighted by Gasteiger charge is 2.12. The Balaban J connectivity index is 1.99. The number of nitrogens with zero attached hydrogens (tertiary/aromatic N) is 2. The van der Waals surface area contributed by atoms with Gasteiger partial charge in [0.1, 0.15) is 0 Å². The van der Waals surface area contributed by atoms with Gasteiger partial charge in [-0.15, -0.1) is 11.8 Å². The second-order valence-corrected chi connectivity index (χ2v) is 5.46. The van der Waals surface area contributed by atoms with Gasteiger partial charge in [0, 0.05) is 34.5 Å². The number of thioether (sulfide) groups is 1. The fraction of sp³-hybridized carbons (Fsp3) is 0.250. The minimum atomic E-state index is 0.0719. The molecule has 3 N–H and O–H groups in total. The summed E-state index contributed by atoms with van der Waals surface area (Å²) in [4.78, 5) is 1.13. The van der Waals surface area contributed by atoms with Crippen molar-refractivity contribution in [2.75, 3.05) is 5.75 Å². The summed E-state index contributed by atoms with van der Waals surface area (Å²) < 4.78 is 1.77. The fourth-order valence-corrected chi connectivity index (χ4v) is 2.88. The highest BCUT2D eigenvalue weighted by molar-refractivity contribution is 7.99. The number of aromatic nitrogens is 2. The lowest BCUT2D eigenvalue weighted by molar-refractivity contribution is 0.610. The Bertz CT molecular complexity index is 514. The van der Waals surface area contributed by atoms with Crippen molar-refractivity contribution in [1.82, 2.24) is 15.2 Å². The lowest BCUT2D eigenvalue weighted by Crippen LogP contribution is -2.29. The van der Waals surface area contributed by atoms with E-state index in [1.165, 1.54) is 0 Å². The maximum absolute atomic E-state index is 5.95. The molecule has 0 fully saturated rings. The van der Waals surface area contributed by atoms with E-state index in [0.717, 1.165) is 21.2 Å². The van der Waals surface area contributed by atoms with Crippen molar-refractivity contribution in [2.24, 2.45) is 12.9 Å². The minimum Gasteiger partial charge on any atom is -0.275 e. The van der Waals surface area contributed by atoms with Gasteiger partial charge in [0.25, 0.3) is 0 Å². The zero-order chi connectivity index (χ0) is 13.0. The van der Waals surface area contributed by atoms with E-state index < -0.39 is 0 Å². The molecule has 2 aromatic rings. The number of aryl methyl sites for hydroxylation is 1. The molecule has 96 valence electrons. The Morgan fingerprint density at radius 3 is 3.00 bits per heavy atom. The monoisotopic (exact) mass is 282 g/mol. The topological polar surface area (TPSA) is 55.9 Å². The van der Waals surface area contributed by atoms with E-state index in [1.54, 1.807) is 16.4 Å². The molecule has 0 spiro atoms. The highest BCUT2D eigenvalue weighted by atomic mass is 35.5. The van der Waals surface area contributed by atoms with Crippen LogP contribution in [0, 0.1) is 0 Å². The van der Waals surface area contributed by atoms with E-state index in [0.29, 0.717) is 0 Å². The summed E-state index contributed by atoms with van der Waals surface area (Å²) in [6.07, 6.45) is 3.78. The molecule has 0 saturated carbocycles. The molecule has 18 heavy (non-hydrogen) atoms. The number of halogens is 1. The molecule has 0 saturated heterocycles. The molecule has 0 bridgehead atoms. The van der Waals surface area contributed by atoms with Crippen molar-refractivity contribution < 1.29 is 0 Å². The summed E-state index contributed by atoms with van der Waals surface area (Å²) in [5, 5.41) is 4.89. The van der Waals surface area contributed by atoms with Gasteiger partial charge in [0.05, 0.1) is 12.2 Å². The van der Waals surface area contributed by atoms with E-state index in [9.17, 15) is 0 Å². The third-order valence-electron chi connectivity index (χ3n) is 2.54. The Morgan fingerprint density at radius 2 is 2.39 bits per heavy atom. The van der Waals surface area contributed by atoms with Crippen LogP contribution in [0.5, 0.6) is 0 Å². The van der Waals surface area contributed by atoms with Crippen LogP contribution in [0.4, 0.5) is 0 Å². The summed E-state index contributed by atoms with van der Waals surface area (Å²) in [6.45, 7) is 0. The fourth-order valence-electron chi connectivity index (χ4n) is 1.60. The molecule has 0 radical (unpaired) electrons. The lowest BCUT2D eigenvalue weighted by Gasteiger charge is -2.13. The van der Waals surface area contributed by atoms with Crippen molar-refractivity contribution in [1.29, 1.82) is 0 Å². The maximum atomic E-state index is 5.95. The van der Waals surface area contributed by atoms with Crippen LogP contribution in [-0.2, 0) is 7.05 Å². The Hall–Kier alpha value is -1.01. The SMILES string of the molecule is Cn1cc(C(CSc2cccc(Cl)c2)NN)cn1. The van der Waals surface area contributed by atoms with Gasteiger partial charge in [-0.2, -0.15) is 5.10 Å². The molecule has 1 atom stereocenters. The summed E-state index contributed by atoms with van der Waals surface area (Å²) in [7, 11) is 1.89. The summed E-state index contributed by atoms with van der Waals surface area (Å²) >= 11 is 7.65. The first kappa shape index (κ1) is 13.4. The molecule has 0 aliphatic rings. The Kier molecular flexibility index (Phi) is 4.66. The number of hydrogen-bond donors (Lipinski definition) is 2. The van der Waals surface area contributed by atoms with E-state index in [-0.39, 0.29) is 6.04 Å². The minimum absolute atomic E-state index is 0.0719. The second-order valence-electron chi connectivity index (χ2n) is 3.93. The van der Waals surface area contributed by atoms with Gasteiger partial charge in [0.2, 0.25) is 0 Å². The standard InChI is InChI=1S/C12H15ClN4S/c1-17-7-9(6-15-17)12(16-14)8-18-11-4-2-3-10(13)5-11/h2-7,12,16H,8,14H2,1H3. The van der Waals surface area contributed by atoms with Gasteiger partial charge in [-0.1, -0.05) is 17.7 Å². The first-order valence-corrected chi connectivity index (χ1v) is 6.88. The third-order valence-corrected chi connectivity index (χ3v) is 3.86. The van der Waals surface area contributed by atoms with Gasteiger partial charge in [-0.05, 0) is 18.2 Å². The van der Waals surface area contributed by atoms with Crippen molar-refractivity contribution in [3.8, 4) is 0 Å². The van der Waals surface area contributed by atoms with Crippen LogP contribution in [0.2, 0.25) is 5.02 Å². The number of rotatable bonds is 5. The molecule has 1 unspecified atom stereocenters. The number of hydrogen-bond acceptors (Lipinski definition) is 4. The van der Waals surface area contributed by atoms with E-state index in [2.05, 4.69) is 10.5 Å². The molecule has 4 nitrogen and oxygen atoms in total. The lowest BCUT2D eigenvalue weighted by atomic mass is 10.2. The van der Waals surface area contributed by atoms with Gasteiger partial charge >= 0.3 is 0 Å². The van der Waals surface area contributed by atoms with E-state index in [1.807, 2.05) is 43.7 Å². The van der Waals surface area contributed by atoms with Crippen molar-refractivity contribution in [3.63, 3.8) is 0 Å². The Labute approximate surface area is 115 Å². The normalized spacial score (nSPS) is 12.6. The van der Waals surface area contributed by atoms with Crippen LogP contribution in [0.1, 0.15) is 11.6 Å². The number of nitrogens with one attached hydrogen (secondary N) is 1. The summed E-state index contributed by atoms with van der Waals surface area (Å²) in [5.41, 5.74) is 3.89. The Morgan fingerprint density at radius 1 is 1.56 bits per heavy atom. The first-order chi connectivity index (χ1) is 8.69. The molecule has 0 amide bonds. The molecule has 1 aromatic heterocycles. The quantitative estimate of drug-likeness (QED) is 0.502. The first-order valence-electron chi connectivity index (χ1n) is 5.52. The predicted molar refractivity (Wildman–Crippen MR) is 75.4 cm³/mol. The molecular weight excluding hydrogens is 268 g/mol. The van der Waals surface area contributed by atoms with Crippen molar-refractivity contribution >= 4 is 23.4 Å². The molecule has 1 heterocycles. The van der Waals surface area contributed by atoms with Crippen LogP contribution >= 0.6 is 23.4 Å².